The molecule has 1 aliphatic carbocycles. The molecule has 2 nitrogen and oxygen atoms in total. The molecule has 3 unspecified atom stereocenters. The molecule has 0 N–H and O–H groups in total. The van der Waals surface area contributed by atoms with Gasteiger partial charge in [0.1, 0.15) is 0 Å². The Balaban J connectivity index is 2.49. The van der Waals surface area contributed by atoms with Crippen LogP contribution in [-0.2, 0) is 9.84 Å². The molecule has 1 saturated carbocycles. The quantitative estimate of drug-likeness (QED) is 0.680. The highest BCUT2D eigenvalue weighted by Gasteiger charge is 2.29. The zero-order chi connectivity index (χ0) is 13.8. The summed E-state index contributed by atoms with van der Waals surface area (Å²) in [5.74, 6) is 1.72. The predicted octanol–water partition coefficient (Wildman–Crippen LogP) is 4.18. The van der Waals surface area contributed by atoms with Gasteiger partial charge in [-0.05, 0) is 51.4 Å². The summed E-state index contributed by atoms with van der Waals surface area (Å²) in [5.41, 5.74) is 0. The second-order valence-corrected chi connectivity index (χ2v) is 9.80. The second kappa shape index (κ2) is 7.28. The molecule has 0 spiro atoms. The molecule has 0 radical (unpaired) electrons. The SMILES string of the molecule is CCCC1CCC(Br)C(CCS(=O)(=O)C(C)C)C1. The third kappa shape index (κ3) is 4.84. The molecule has 0 aromatic rings. The van der Waals surface area contributed by atoms with Crippen molar-refractivity contribution in [3.05, 3.63) is 0 Å². The van der Waals surface area contributed by atoms with Gasteiger partial charge in [0, 0.05) is 4.83 Å². The molecule has 0 aromatic heterocycles. The van der Waals surface area contributed by atoms with Crippen molar-refractivity contribution in [2.75, 3.05) is 5.75 Å². The van der Waals surface area contributed by atoms with E-state index in [2.05, 4.69) is 22.9 Å². The maximum atomic E-state index is 11.9. The lowest BCUT2D eigenvalue weighted by Crippen LogP contribution is -2.28. The summed E-state index contributed by atoms with van der Waals surface area (Å²) in [6.07, 6.45) is 7.09. The van der Waals surface area contributed by atoms with Crippen LogP contribution in [0.3, 0.4) is 0 Å². The maximum absolute atomic E-state index is 11.9. The minimum Gasteiger partial charge on any atom is -0.229 e. The lowest BCUT2D eigenvalue weighted by Gasteiger charge is -2.33. The number of alkyl halides is 1. The van der Waals surface area contributed by atoms with Crippen LogP contribution < -0.4 is 0 Å². The molecule has 0 bridgehead atoms. The Hall–Kier alpha value is 0.430. The summed E-state index contributed by atoms with van der Waals surface area (Å²) in [4.78, 5) is 0.521. The van der Waals surface area contributed by atoms with Gasteiger partial charge in [0.2, 0.25) is 0 Å². The van der Waals surface area contributed by atoms with Crippen LogP contribution in [0.4, 0.5) is 0 Å². The predicted molar refractivity (Wildman–Crippen MR) is 82.0 cm³/mol. The van der Waals surface area contributed by atoms with Gasteiger partial charge < -0.3 is 0 Å². The van der Waals surface area contributed by atoms with E-state index < -0.39 is 9.84 Å². The van der Waals surface area contributed by atoms with Crippen molar-refractivity contribution in [1.82, 2.24) is 0 Å². The van der Waals surface area contributed by atoms with Crippen molar-refractivity contribution >= 4 is 25.8 Å². The van der Waals surface area contributed by atoms with Gasteiger partial charge in [0.15, 0.2) is 9.84 Å². The number of hydrogen-bond donors (Lipinski definition) is 0. The van der Waals surface area contributed by atoms with Gasteiger partial charge in [0.25, 0.3) is 0 Å². The molecule has 1 rings (SSSR count). The van der Waals surface area contributed by atoms with Crippen LogP contribution in [0.25, 0.3) is 0 Å². The molecule has 1 fully saturated rings. The Morgan fingerprint density at radius 2 is 1.89 bits per heavy atom. The summed E-state index contributed by atoms with van der Waals surface area (Å²) < 4.78 is 23.7. The summed E-state index contributed by atoms with van der Waals surface area (Å²) in [7, 11) is -2.87. The van der Waals surface area contributed by atoms with E-state index in [0.717, 1.165) is 12.3 Å². The number of sulfone groups is 1. The second-order valence-electron chi connectivity index (χ2n) is 5.95. The van der Waals surface area contributed by atoms with Crippen molar-refractivity contribution in [2.24, 2.45) is 11.8 Å². The molecule has 3 atom stereocenters. The van der Waals surface area contributed by atoms with Crippen molar-refractivity contribution in [3.63, 3.8) is 0 Å². The van der Waals surface area contributed by atoms with Gasteiger partial charge in [-0.2, -0.15) is 0 Å². The van der Waals surface area contributed by atoms with Crippen LogP contribution >= 0.6 is 15.9 Å². The van der Waals surface area contributed by atoms with Crippen LogP contribution in [0.1, 0.15) is 59.3 Å². The smallest absolute Gasteiger partial charge is 0.152 e. The highest BCUT2D eigenvalue weighted by molar-refractivity contribution is 9.09. The van der Waals surface area contributed by atoms with Crippen molar-refractivity contribution in [2.45, 2.75) is 69.4 Å². The van der Waals surface area contributed by atoms with Crippen molar-refractivity contribution in [3.8, 4) is 0 Å². The molecule has 0 saturated heterocycles. The van der Waals surface area contributed by atoms with Crippen LogP contribution in [0, 0.1) is 11.8 Å². The van der Waals surface area contributed by atoms with Crippen LogP contribution in [0.2, 0.25) is 0 Å². The topological polar surface area (TPSA) is 34.1 Å². The summed E-state index contributed by atoms with van der Waals surface area (Å²) >= 11 is 3.74. The van der Waals surface area contributed by atoms with Gasteiger partial charge in [0.05, 0.1) is 11.0 Å². The Morgan fingerprint density at radius 1 is 1.22 bits per heavy atom. The van der Waals surface area contributed by atoms with Gasteiger partial charge in [-0.3, -0.25) is 0 Å². The van der Waals surface area contributed by atoms with Crippen LogP contribution in [0.5, 0.6) is 0 Å². The highest BCUT2D eigenvalue weighted by atomic mass is 79.9. The summed E-state index contributed by atoms with van der Waals surface area (Å²) in [6, 6.07) is 0. The maximum Gasteiger partial charge on any atom is 0.152 e. The summed E-state index contributed by atoms with van der Waals surface area (Å²) in [5, 5.41) is -0.235. The van der Waals surface area contributed by atoms with Crippen LogP contribution in [-0.4, -0.2) is 24.2 Å². The molecule has 0 aromatic carbocycles. The Morgan fingerprint density at radius 3 is 2.44 bits per heavy atom. The van der Waals surface area contributed by atoms with Gasteiger partial charge in [-0.15, -0.1) is 0 Å². The highest BCUT2D eigenvalue weighted by Crippen LogP contribution is 2.37. The van der Waals surface area contributed by atoms with E-state index in [-0.39, 0.29) is 5.25 Å². The fourth-order valence-electron chi connectivity index (χ4n) is 2.84. The van der Waals surface area contributed by atoms with E-state index in [0.29, 0.717) is 16.5 Å². The zero-order valence-corrected chi connectivity index (χ0v) is 14.3. The first-order valence-corrected chi connectivity index (χ1v) is 9.85. The fourth-order valence-corrected chi connectivity index (χ4v) is 4.69. The van der Waals surface area contributed by atoms with E-state index in [1.165, 1.54) is 32.1 Å². The minimum atomic E-state index is -2.87. The standard InChI is InChI=1S/C14H27BrO2S/c1-4-5-12-6-7-14(15)13(10-12)8-9-18(16,17)11(2)3/h11-14H,4-10H2,1-3H3. The van der Waals surface area contributed by atoms with Crippen molar-refractivity contribution < 1.29 is 8.42 Å². The fraction of sp³-hybridized carbons (Fsp3) is 1.00. The van der Waals surface area contributed by atoms with Gasteiger partial charge in [-0.1, -0.05) is 35.7 Å². The van der Waals surface area contributed by atoms with E-state index in [1.807, 2.05) is 0 Å². The van der Waals surface area contributed by atoms with Crippen molar-refractivity contribution in [1.29, 1.82) is 0 Å². The van der Waals surface area contributed by atoms with E-state index in [4.69, 9.17) is 0 Å². The molecule has 0 aliphatic heterocycles. The number of hydrogen-bond acceptors (Lipinski definition) is 2. The average molecular weight is 339 g/mol. The lowest BCUT2D eigenvalue weighted by atomic mass is 9.78. The molecule has 0 heterocycles. The Labute approximate surface area is 121 Å². The van der Waals surface area contributed by atoms with E-state index in [9.17, 15) is 8.42 Å². The van der Waals surface area contributed by atoms with Gasteiger partial charge >= 0.3 is 0 Å². The van der Waals surface area contributed by atoms with Crippen LogP contribution in [0.15, 0.2) is 0 Å². The Kier molecular flexibility index (Phi) is 6.66. The molecule has 18 heavy (non-hydrogen) atoms. The molecule has 1 aliphatic rings. The first kappa shape index (κ1) is 16.5. The first-order valence-electron chi connectivity index (χ1n) is 7.22. The van der Waals surface area contributed by atoms with E-state index in [1.54, 1.807) is 13.8 Å². The van der Waals surface area contributed by atoms with E-state index >= 15 is 0 Å². The molecule has 4 heteroatoms. The molecular weight excluding hydrogens is 312 g/mol. The zero-order valence-electron chi connectivity index (χ0n) is 11.9. The summed E-state index contributed by atoms with van der Waals surface area (Å²) in [6.45, 7) is 5.79. The molecular formula is C14H27BrO2S. The largest absolute Gasteiger partial charge is 0.229 e. The normalized spacial score (nSPS) is 29.7. The minimum absolute atomic E-state index is 0.235. The Bertz CT molecular complexity index is 338. The third-order valence-electron chi connectivity index (χ3n) is 4.19. The number of rotatable bonds is 6. The first-order chi connectivity index (χ1) is 8.36. The molecule has 108 valence electrons. The third-order valence-corrected chi connectivity index (χ3v) is 7.63. The number of halogens is 1. The molecule has 0 amide bonds. The van der Waals surface area contributed by atoms with Gasteiger partial charge in [-0.25, -0.2) is 8.42 Å². The lowest BCUT2D eigenvalue weighted by molar-refractivity contribution is 0.259. The average Bonchev–Trinajstić information content (AvgIpc) is 2.30. The monoisotopic (exact) mass is 338 g/mol.